The van der Waals surface area contributed by atoms with E-state index in [-0.39, 0.29) is 16.4 Å². The van der Waals surface area contributed by atoms with Crippen molar-refractivity contribution in [3.8, 4) is 0 Å². The summed E-state index contributed by atoms with van der Waals surface area (Å²) in [6, 6.07) is 1.15. The molecule has 8 heteroatoms. The van der Waals surface area contributed by atoms with Gasteiger partial charge in [0.15, 0.2) is 5.76 Å². The molecule has 112 valence electrons. The summed E-state index contributed by atoms with van der Waals surface area (Å²) in [6.45, 7) is 3.45. The zero-order valence-corrected chi connectivity index (χ0v) is 12.0. The summed E-state index contributed by atoms with van der Waals surface area (Å²) < 4.78 is 32.9. The van der Waals surface area contributed by atoms with Crippen molar-refractivity contribution in [3.05, 3.63) is 17.6 Å². The second kappa shape index (κ2) is 5.94. The van der Waals surface area contributed by atoms with Crippen LogP contribution in [0.3, 0.4) is 0 Å². The summed E-state index contributed by atoms with van der Waals surface area (Å²) in [7, 11) is -3.87. The highest BCUT2D eigenvalue weighted by Gasteiger charge is 2.21. The fourth-order valence-electron chi connectivity index (χ4n) is 2.15. The van der Waals surface area contributed by atoms with Crippen LogP contribution in [0.4, 0.5) is 0 Å². The van der Waals surface area contributed by atoms with Crippen LogP contribution in [0.1, 0.15) is 29.2 Å². The Labute approximate surface area is 117 Å². The third-order valence-electron chi connectivity index (χ3n) is 3.26. The molecule has 1 aromatic heterocycles. The molecule has 0 aromatic carbocycles. The summed E-state index contributed by atoms with van der Waals surface area (Å²) in [5, 5.41) is 7.71. The smallest absolute Gasteiger partial charge is 0.287 e. The number of carbonyl (C=O) groups is 1. The largest absolute Gasteiger partial charge is 0.455 e. The van der Waals surface area contributed by atoms with E-state index in [2.05, 4.69) is 5.32 Å². The van der Waals surface area contributed by atoms with Gasteiger partial charge in [0.2, 0.25) is 10.0 Å². The molecule has 0 bridgehead atoms. The molecular formula is C12H18N2O5S. The average Bonchev–Trinajstić information content (AvgIpc) is 2.97. The van der Waals surface area contributed by atoms with Crippen molar-refractivity contribution in [3.63, 3.8) is 0 Å². The molecule has 1 saturated heterocycles. The second-order valence-corrected chi connectivity index (χ2v) is 6.38. The number of rotatable bonds is 5. The highest BCUT2D eigenvalue weighted by Crippen LogP contribution is 2.19. The van der Waals surface area contributed by atoms with Crippen molar-refractivity contribution in [2.24, 2.45) is 11.1 Å². The van der Waals surface area contributed by atoms with Crippen LogP contribution in [0.2, 0.25) is 0 Å². The van der Waals surface area contributed by atoms with E-state index in [1.807, 2.05) is 0 Å². The summed E-state index contributed by atoms with van der Waals surface area (Å²) in [5.41, 5.74) is 0. The number of hydrogen-bond donors (Lipinski definition) is 2. The first kappa shape index (κ1) is 15.0. The predicted octanol–water partition coefficient (Wildman–Crippen LogP) is 0.392. The quantitative estimate of drug-likeness (QED) is 0.817. The van der Waals surface area contributed by atoms with E-state index < -0.39 is 15.9 Å². The van der Waals surface area contributed by atoms with E-state index in [4.69, 9.17) is 14.3 Å². The van der Waals surface area contributed by atoms with E-state index in [0.29, 0.717) is 12.5 Å². The monoisotopic (exact) mass is 302 g/mol. The Kier molecular flexibility index (Phi) is 4.46. The van der Waals surface area contributed by atoms with Gasteiger partial charge in [-0.2, -0.15) is 0 Å². The molecule has 1 unspecified atom stereocenters. The molecule has 1 atom stereocenters. The molecule has 0 aliphatic carbocycles. The standard InChI is InChI=1S/C12H18N2O5S/c1-8-11(20(13,16)17)6-10(19-8)12(15)14-4-2-9-3-5-18-7-9/h6,9H,2-5,7H2,1H3,(H,14,15)(H2,13,16,17). The number of furan rings is 1. The number of sulfonamides is 1. The molecule has 0 radical (unpaired) electrons. The Morgan fingerprint density at radius 1 is 1.55 bits per heavy atom. The van der Waals surface area contributed by atoms with Gasteiger partial charge in [-0.15, -0.1) is 0 Å². The normalized spacial score (nSPS) is 19.2. The Morgan fingerprint density at radius 2 is 2.30 bits per heavy atom. The van der Waals surface area contributed by atoms with Gasteiger partial charge in [0.1, 0.15) is 10.7 Å². The second-order valence-electron chi connectivity index (χ2n) is 4.85. The van der Waals surface area contributed by atoms with Crippen LogP contribution in [0, 0.1) is 12.8 Å². The number of nitrogens with one attached hydrogen (secondary N) is 1. The first-order valence-electron chi connectivity index (χ1n) is 6.37. The molecule has 1 aliphatic rings. The first-order chi connectivity index (χ1) is 9.38. The molecule has 20 heavy (non-hydrogen) atoms. The third-order valence-corrected chi connectivity index (χ3v) is 4.28. The van der Waals surface area contributed by atoms with Gasteiger partial charge in [-0.05, 0) is 25.7 Å². The van der Waals surface area contributed by atoms with Crippen molar-refractivity contribution in [1.29, 1.82) is 0 Å². The lowest BCUT2D eigenvalue weighted by Gasteiger charge is -2.07. The predicted molar refractivity (Wildman–Crippen MR) is 70.7 cm³/mol. The number of nitrogens with two attached hydrogens (primary N) is 1. The molecule has 2 rings (SSSR count). The average molecular weight is 302 g/mol. The maximum absolute atomic E-state index is 11.8. The zero-order chi connectivity index (χ0) is 14.8. The van der Waals surface area contributed by atoms with Gasteiger partial charge < -0.3 is 14.5 Å². The topological polar surface area (TPSA) is 112 Å². The number of carbonyl (C=O) groups excluding carboxylic acids is 1. The van der Waals surface area contributed by atoms with E-state index in [9.17, 15) is 13.2 Å². The SMILES string of the molecule is Cc1oc(C(=O)NCCC2CCOC2)cc1S(N)(=O)=O. The lowest BCUT2D eigenvalue weighted by atomic mass is 10.1. The van der Waals surface area contributed by atoms with Gasteiger partial charge in [0, 0.05) is 25.8 Å². The summed E-state index contributed by atoms with van der Waals surface area (Å²) in [4.78, 5) is 11.7. The van der Waals surface area contributed by atoms with Gasteiger partial charge in [-0.3, -0.25) is 4.79 Å². The first-order valence-corrected chi connectivity index (χ1v) is 7.91. The Balaban J connectivity index is 1.92. The summed E-state index contributed by atoms with van der Waals surface area (Å²) in [5.74, 6) is 0.0894. The Bertz CT molecular complexity index is 587. The van der Waals surface area contributed by atoms with Crippen LogP contribution in [-0.2, 0) is 14.8 Å². The van der Waals surface area contributed by atoms with Crippen LogP contribution in [0.25, 0.3) is 0 Å². The fraction of sp³-hybridized carbons (Fsp3) is 0.583. The lowest BCUT2D eigenvalue weighted by Crippen LogP contribution is -2.25. The van der Waals surface area contributed by atoms with Crippen LogP contribution in [0.5, 0.6) is 0 Å². The molecule has 2 heterocycles. The molecule has 1 amide bonds. The van der Waals surface area contributed by atoms with Crippen LogP contribution in [-0.4, -0.2) is 34.1 Å². The minimum atomic E-state index is -3.87. The number of aryl methyl sites for hydroxylation is 1. The number of amides is 1. The molecule has 1 aliphatic heterocycles. The minimum absolute atomic E-state index is 0.0470. The maximum atomic E-state index is 11.8. The van der Waals surface area contributed by atoms with Gasteiger partial charge in [-0.1, -0.05) is 0 Å². The molecular weight excluding hydrogens is 284 g/mol. The molecule has 0 spiro atoms. The Hall–Kier alpha value is -1.38. The zero-order valence-electron chi connectivity index (χ0n) is 11.2. The van der Waals surface area contributed by atoms with Gasteiger partial charge in [0.25, 0.3) is 5.91 Å². The number of ether oxygens (including phenoxy) is 1. The Morgan fingerprint density at radius 3 is 2.85 bits per heavy atom. The highest BCUT2D eigenvalue weighted by molar-refractivity contribution is 7.89. The van der Waals surface area contributed by atoms with E-state index in [0.717, 1.165) is 32.1 Å². The van der Waals surface area contributed by atoms with Crippen LogP contribution >= 0.6 is 0 Å². The summed E-state index contributed by atoms with van der Waals surface area (Å²) in [6.07, 6.45) is 1.83. The third kappa shape index (κ3) is 3.59. The highest BCUT2D eigenvalue weighted by atomic mass is 32.2. The van der Waals surface area contributed by atoms with Gasteiger partial charge >= 0.3 is 0 Å². The van der Waals surface area contributed by atoms with Crippen molar-refractivity contribution >= 4 is 15.9 Å². The molecule has 3 N–H and O–H groups in total. The molecule has 1 aromatic rings. The van der Waals surface area contributed by atoms with Crippen molar-refractivity contribution in [1.82, 2.24) is 5.32 Å². The fourth-order valence-corrected chi connectivity index (χ4v) is 2.86. The van der Waals surface area contributed by atoms with Crippen LogP contribution in [0.15, 0.2) is 15.4 Å². The number of hydrogen-bond acceptors (Lipinski definition) is 5. The van der Waals surface area contributed by atoms with Crippen molar-refractivity contribution in [2.75, 3.05) is 19.8 Å². The van der Waals surface area contributed by atoms with E-state index >= 15 is 0 Å². The lowest BCUT2D eigenvalue weighted by molar-refractivity contribution is 0.0921. The molecule has 1 fully saturated rings. The summed E-state index contributed by atoms with van der Waals surface area (Å²) >= 11 is 0. The van der Waals surface area contributed by atoms with Crippen molar-refractivity contribution < 1.29 is 22.4 Å². The van der Waals surface area contributed by atoms with Crippen LogP contribution < -0.4 is 10.5 Å². The maximum Gasteiger partial charge on any atom is 0.287 e. The van der Waals surface area contributed by atoms with Gasteiger partial charge in [0.05, 0.1) is 0 Å². The minimum Gasteiger partial charge on any atom is -0.455 e. The van der Waals surface area contributed by atoms with Crippen molar-refractivity contribution in [2.45, 2.75) is 24.7 Å². The van der Waals surface area contributed by atoms with E-state index in [1.165, 1.54) is 6.92 Å². The number of primary sulfonamides is 1. The van der Waals surface area contributed by atoms with E-state index in [1.54, 1.807) is 0 Å². The van der Waals surface area contributed by atoms with Gasteiger partial charge in [-0.25, -0.2) is 13.6 Å². The molecule has 7 nitrogen and oxygen atoms in total. The molecule has 0 saturated carbocycles.